The van der Waals surface area contributed by atoms with E-state index in [2.05, 4.69) is 5.32 Å². The van der Waals surface area contributed by atoms with Gasteiger partial charge in [0, 0.05) is 16.6 Å². The number of nitrogens with one attached hydrogen (secondary N) is 1. The van der Waals surface area contributed by atoms with Gasteiger partial charge in [-0.2, -0.15) is 0 Å². The first-order valence-electron chi connectivity index (χ1n) is 9.05. The fraction of sp³-hybridized carbons (Fsp3) is 0.400. The summed E-state index contributed by atoms with van der Waals surface area (Å²) in [6.45, 7) is 0. The lowest BCUT2D eigenvalue weighted by Crippen LogP contribution is -2.69. The summed E-state index contributed by atoms with van der Waals surface area (Å²) < 4.78 is 13.3. The van der Waals surface area contributed by atoms with Crippen LogP contribution in [0.5, 0.6) is 0 Å². The zero-order chi connectivity index (χ0) is 18.1. The lowest BCUT2D eigenvalue weighted by molar-refractivity contribution is -0.140. The fourth-order valence-electron chi connectivity index (χ4n) is 4.01. The molecule has 0 radical (unpaired) electrons. The maximum Gasteiger partial charge on any atom is 0.252 e. The van der Waals surface area contributed by atoms with Gasteiger partial charge in [-0.3, -0.25) is 14.5 Å². The Hall–Kier alpha value is -2.21. The molecule has 1 saturated carbocycles. The van der Waals surface area contributed by atoms with Crippen molar-refractivity contribution < 1.29 is 14.0 Å². The highest BCUT2D eigenvalue weighted by molar-refractivity contribution is 7.10. The van der Waals surface area contributed by atoms with Crippen LogP contribution in [0.4, 0.5) is 10.1 Å². The predicted molar refractivity (Wildman–Crippen MR) is 99.5 cm³/mol. The second-order valence-electron chi connectivity index (χ2n) is 7.03. The summed E-state index contributed by atoms with van der Waals surface area (Å²) in [5, 5.41) is 5.09. The number of β-lactam (4-membered cyclic amide) rings is 1. The molecule has 26 heavy (non-hydrogen) atoms. The number of hydrogen-bond acceptors (Lipinski definition) is 3. The summed E-state index contributed by atoms with van der Waals surface area (Å²) >= 11 is 1.47. The molecule has 2 fully saturated rings. The van der Waals surface area contributed by atoms with Gasteiger partial charge in [-0.25, -0.2) is 4.39 Å². The van der Waals surface area contributed by atoms with Crippen molar-refractivity contribution in [3.63, 3.8) is 0 Å². The highest BCUT2D eigenvalue weighted by atomic mass is 32.1. The van der Waals surface area contributed by atoms with Crippen LogP contribution in [0.3, 0.4) is 0 Å². The van der Waals surface area contributed by atoms with E-state index < -0.39 is 5.54 Å². The topological polar surface area (TPSA) is 49.4 Å². The summed E-state index contributed by atoms with van der Waals surface area (Å²) in [5.74, 6) is -0.616. The van der Waals surface area contributed by atoms with Crippen molar-refractivity contribution in [3.05, 3.63) is 52.5 Å². The maximum absolute atomic E-state index is 13.3. The number of amides is 2. The Morgan fingerprint density at radius 2 is 1.88 bits per heavy atom. The van der Waals surface area contributed by atoms with Gasteiger partial charge in [-0.05, 0) is 48.6 Å². The standard InChI is InChI=1S/C20H21FN2O2S/c21-14-8-10-16(11-9-14)23-18(24)13-20(23,17-7-4-12-26-17)19(25)22-15-5-2-1-3-6-15/h4,7-12,15H,1-3,5-6,13H2,(H,22,25). The number of rotatable bonds is 4. The monoisotopic (exact) mass is 372 g/mol. The van der Waals surface area contributed by atoms with Gasteiger partial charge in [-0.1, -0.05) is 25.3 Å². The molecule has 1 unspecified atom stereocenters. The van der Waals surface area contributed by atoms with Gasteiger partial charge in [0.2, 0.25) is 5.91 Å². The number of anilines is 1. The van der Waals surface area contributed by atoms with Gasteiger partial charge in [0.15, 0.2) is 5.54 Å². The molecule has 1 aromatic heterocycles. The molecule has 4 nitrogen and oxygen atoms in total. The highest BCUT2D eigenvalue weighted by Gasteiger charge is 2.59. The van der Waals surface area contributed by atoms with Crippen LogP contribution in [-0.4, -0.2) is 17.9 Å². The Morgan fingerprint density at radius 3 is 2.50 bits per heavy atom. The smallest absolute Gasteiger partial charge is 0.252 e. The van der Waals surface area contributed by atoms with Crippen molar-refractivity contribution in [3.8, 4) is 0 Å². The van der Waals surface area contributed by atoms with Crippen LogP contribution < -0.4 is 10.2 Å². The van der Waals surface area contributed by atoms with Crippen molar-refractivity contribution in [1.82, 2.24) is 5.32 Å². The van der Waals surface area contributed by atoms with Gasteiger partial charge in [0.25, 0.3) is 5.91 Å². The highest BCUT2D eigenvalue weighted by Crippen LogP contribution is 2.47. The fourth-order valence-corrected chi connectivity index (χ4v) is 4.92. The number of benzene rings is 1. The summed E-state index contributed by atoms with van der Waals surface area (Å²) in [7, 11) is 0. The van der Waals surface area contributed by atoms with E-state index in [1.54, 1.807) is 12.1 Å². The normalized spacial score (nSPS) is 23.6. The van der Waals surface area contributed by atoms with Gasteiger partial charge >= 0.3 is 0 Å². The van der Waals surface area contributed by atoms with Crippen molar-refractivity contribution in [2.45, 2.75) is 50.1 Å². The van der Waals surface area contributed by atoms with Gasteiger partial charge in [0.1, 0.15) is 5.82 Å². The lowest BCUT2D eigenvalue weighted by Gasteiger charge is -2.50. The van der Waals surface area contributed by atoms with Crippen LogP contribution in [0.2, 0.25) is 0 Å². The van der Waals surface area contributed by atoms with E-state index >= 15 is 0 Å². The molecule has 6 heteroatoms. The second-order valence-corrected chi connectivity index (χ2v) is 7.98. The van der Waals surface area contributed by atoms with Crippen LogP contribution in [0.15, 0.2) is 41.8 Å². The molecule has 1 aliphatic carbocycles. The van der Waals surface area contributed by atoms with Crippen LogP contribution >= 0.6 is 11.3 Å². The molecular weight excluding hydrogens is 351 g/mol. The molecule has 2 aliphatic rings. The zero-order valence-electron chi connectivity index (χ0n) is 14.4. The molecule has 0 bridgehead atoms. The van der Waals surface area contributed by atoms with Gasteiger partial charge in [0.05, 0.1) is 6.42 Å². The van der Waals surface area contributed by atoms with E-state index in [0.717, 1.165) is 30.6 Å². The molecule has 2 heterocycles. The van der Waals surface area contributed by atoms with Crippen molar-refractivity contribution in [2.75, 3.05) is 4.90 Å². The van der Waals surface area contributed by atoms with E-state index in [4.69, 9.17) is 0 Å². The molecule has 1 aromatic carbocycles. The molecule has 0 spiro atoms. The molecule has 1 saturated heterocycles. The number of carbonyl (C=O) groups is 2. The van der Waals surface area contributed by atoms with E-state index in [9.17, 15) is 14.0 Å². The molecule has 1 aliphatic heterocycles. The first kappa shape index (κ1) is 17.2. The Bertz CT molecular complexity index is 800. The van der Waals surface area contributed by atoms with Crippen molar-refractivity contribution >= 4 is 28.8 Å². The largest absolute Gasteiger partial charge is 0.351 e. The third-order valence-electron chi connectivity index (χ3n) is 5.37. The predicted octanol–water partition coefficient (Wildman–Crippen LogP) is 3.97. The first-order chi connectivity index (χ1) is 12.6. The van der Waals surface area contributed by atoms with E-state index in [1.807, 2.05) is 17.5 Å². The minimum atomic E-state index is -1.03. The number of carbonyl (C=O) groups excluding carboxylic acids is 2. The molecule has 2 aromatic rings. The summed E-state index contributed by atoms with van der Waals surface area (Å²) in [4.78, 5) is 28.2. The third-order valence-corrected chi connectivity index (χ3v) is 6.39. The SMILES string of the molecule is O=C1CC(C(=O)NC2CCCCC2)(c2cccs2)N1c1ccc(F)cc1. The first-order valence-corrected chi connectivity index (χ1v) is 9.93. The van der Waals surface area contributed by atoms with Crippen LogP contribution in [0.25, 0.3) is 0 Å². The second kappa shape index (κ2) is 6.83. The van der Waals surface area contributed by atoms with E-state index in [0.29, 0.717) is 5.69 Å². The maximum atomic E-state index is 13.3. The Morgan fingerprint density at radius 1 is 1.15 bits per heavy atom. The quantitative estimate of drug-likeness (QED) is 0.826. The number of thiophene rings is 1. The molecule has 4 rings (SSSR count). The van der Waals surface area contributed by atoms with Gasteiger partial charge in [-0.15, -0.1) is 11.3 Å². The summed E-state index contributed by atoms with van der Waals surface area (Å²) in [5.41, 5.74) is -0.476. The number of halogens is 1. The summed E-state index contributed by atoms with van der Waals surface area (Å²) in [6, 6.07) is 9.71. The van der Waals surface area contributed by atoms with Crippen LogP contribution in [0.1, 0.15) is 43.4 Å². The molecule has 1 atom stereocenters. The minimum Gasteiger partial charge on any atom is -0.351 e. The average molecular weight is 372 g/mol. The summed E-state index contributed by atoms with van der Waals surface area (Å²) in [6.07, 6.45) is 5.56. The van der Waals surface area contributed by atoms with Crippen molar-refractivity contribution in [1.29, 1.82) is 0 Å². The minimum absolute atomic E-state index is 0.121. The Balaban J connectivity index is 1.69. The van der Waals surface area contributed by atoms with Crippen molar-refractivity contribution in [2.24, 2.45) is 0 Å². The van der Waals surface area contributed by atoms with E-state index in [1.165, 1.54) is 34.8 Å². The number of nitrogens with zero attached hydrogens (tertiary/aromatic N) is 1. The third kappa shape index (κ3) is 2.82. The average Bonchev–Trinajstić information content (AvgIpc) is 3.16. The molecule has 2 amide bonds. The van der Waals surface area contributed by atoms with Crippen LogP contribution in [0, 0.1) is 5.82 Å². The lowest BCUT2D eigenvalue weighted by atomic mass is 9.80. The Kier molecular flexibility index (Phi) is 4.53. The number of hydrogen-bond donors (Lipinski definition) is 1. The van der Waals surface area contributed by atoms with E-state index in [-0.39, 0.29) is 30.1 Å². The molecule has 136 valence electrons. The zero-order valence-corrected chi connectivity index (χ0v) is 15.2. The van der Waals surface area contributed by atoms with Crippen LogP contribution in [-0.2, 0) is 15.1 Å². The van der Waals surface area contributed by atoms with Gasteiger partial charge < -0.3 is 5.32 Å². The molecule has 1 N–H and O–H groups in total. The molecular formula is C20H21FN2O2S. The Labute approximate surface area is 156 Å².